The minimum atomic E-state index is -3.76. The van der Waals surface area contributed by atoms with Gasteiger partial charge in [-0.3, -0.25) is 0 Å². The molecule has 0 bridgehead atoms. The summed E-state index contributed by atoms with van der Waals surface area (Å²) >= 11 is 9.20. The zero-order chi connectivity index (χ0) is 14.9. The Labute approximate surface area is 135 Å². The Morgan fingerprint density at radius 2 is 1.85 bits per heavy atom. The minimum absolute atomic E-state index is 0.00526. The Morgan fingerprint density at radius 1 is 1.15 bits per heavy atom. The van der Waals surface area contributed by atoms with Crippen molar-refractivity contribution in [2.75, 3.05) is 0 Å². The summed E-state index contributed by atoms with van der Waals surface area (Å²) in [6.45, 7) is 1.87. The highest BCUT2D eigenvalue weighted by atomic mass is 79.9. The summed E-state index contributed by atoms with van der Waals surface area (Å²) in [5.74, 6) is 1.09. The summed E-state index contributed by atoms with van der Waals surface area (Å²) in [5, 5.41) is 0.653. The van der Waals surface area contributed by atoms with E-state index in [1.165, 1.54) is 18.2 Å². The van der Waals surface area contributed by atoms with Gasteiger partial charge >= 0.3 is 0 Å². The maximum absolute atomic E-state index is 11.2. The number of aryl methyl sites for hydroxylation is 1. The van der Waals surface area contributed by atoms with Gasteiger partial charge in [-0.2, -0.15) is 0 Å². The van der Waals surface area contributed by atoms with E-state index in [9.17, 15) is 8.42 Å². The Hall–Kier alpha value is -0.750. The molecule has 0 aromatic heterocycles. The van der Waals surface area contributed by atoms with Crippen LogP contribution < -0.4 is 4.74 Å². The van der Waals surface area contributed by atoms with Crippen LogP contribution in [-0.2, 0) is 9.05 Å². The Balaban J connectivity index is 2.32. The first kappa shape index (κ1) is 15.6. The molecule has 7 heteroatoms. The van der Waals surface area contributed by atoms with Crippen LogP contribution in [0.5, 0.6) is 11.5 Å². The van der Waals surface area contributed by atoms with E-state index in [0.717, 1.165) is 5.56 Å². The third-order valence-corrected chi connectivity index (χ3v) is 4.94. The number of benzene rings is 2. The summed E-state index contributed by atoms with van der Waals surface area (Å²) in [6.07, 6.45) is 0. The van der Waals surface area contributed by atoms with Gasteiger partial charge in [0, 0.05) is 15.7 Å². The second-order valence-corrected chi connectivity index (χ2v) is 7.87. The predicted molar refractivity (Wildman–Crippen MR) is 83.4 cm³/mol. The summed E-state index contributed by atoms with van der Waals surface area (Å²) in [6, 6.07) is 9.56. The van der Waals surface area contributed by atoms with Crippen molar-refractivity contribution in [1.82, 2.24) is 0 Å². The van der Waals surface area contributed by atoms with E-state index in [-0.39, 0.29) is 4.90 Å². The molecule has 0 amide bonds. The second kappa shape index (κ2) is 5.93. The maximum atomic E-state index is 11.2. The fourth-order valence-corrected chi connectivity index (χ4v) is 3.03. The van der Waals surface area contributed by atoms with Gasteiger partial charge < -0.3 is 4.74 Å². The summed E-state index contributed by atoms with van der Waals surface area (Å²) in [7, 11) is 1.52. The first-order valence-corrected chi connectivity index (χ1v) is 8.93. The van der Waals surface area contributed by atoms with Crippen LogP contribution in [0.15, 0.2) is 45.8 Å². The quantitative estimate of drug-likeness (QED) is 0.676. The zero-order valence-electron chi connectivity index (χ0n) is 10.2. The lowest BCUT2D eigenvalue weighted by Crippen LogP contribution is -1.92. The van der Waals surface area contributed by atoms with E-state index in [1.54, 1.807) is 18.2 Å². The molecule has 0 atom stereocenters. The molecule has 0 saturated heterocycles. The Bertz CT molecular complexity index is 760. The van der Waals surface area contributed by atoms with Crippen molar-refractivity contribution in [3.63, 3.8) is 0 Å². The molecule has 2 aromatic carbocycles. The average Bonchev–Trinajstić information content (AvgIpc) is 2.35. The van der Waals surface area contributed by atoms with Gasteiger partial charge in [-0.25, -0.2) is 8.42 Å². The van der Waals surface area contributed by atoms with Gasteiger partial charge in [0.25, 0.3) is 9.05 Å². The highest BCUT2D eigenvalue weighted by Gasteiger charge is 2.13. The summed E-state index contributed by atoms with van der Waals surface area (Å²) < 4.78 is 28.6. The number of ether oxygens (including phenoxy) is 1. The molecule has 2 rings (SSSR count). The molecule has 0 saturated carbocycles. The van der Waals surface area contributed by atoms with Gasteiger partial charge in [-0.15, -0.1) is 0 Å². The molecule has 0 N–H and O–H groups in total. The third-order valence-electron chi connectivity index (χ3n) is 2.54. The van der Waals surface area contributed by atoms with Crippen LogP contribution in [0, 0.1) is 6.92 Å². The second-order valence-electron chi connectivity index (χ2n) is 4.04. The standard InChI is InChI=1S/C13H9BrCl2O3S/c1-8-6-9(2-4-12(8)15)19-13-5-3-10(7-11(13)14)20(16,17)18/h2-7H,1H3. The largest absolute Gasteiger partial charge is 0.456 e. The molecule has 0 fully saturated rings. The lowest BCUT2D eigenvalue weighted by atomic mass is 10.2. The summed E-state index contributed by atoms with van der Waals surface area (Å²) in [4.78, 5) is 0.00526. The van der Waals surface area contributed by atoms with Crippen molar-refractivity contribution in [2.45, 2.75) is 11.8 Å². The lowest BCUT2D eigenvalue weighted by molar-refractivity contribution is 0.478. The van der Waals surface area contributed by atoms with Crippen LogP contribution >= 0.6 is 38.2 Å². The number of rotatable bonds is 3. The Morgan fingerprint density at radius 3 is 2.40 bits per heavy atom. The van der Waals surface area contributed by atoms with Crippen LogP contribution in [-0.4, -0.2) is 8.42 Å². The van der Waals surface area contributed by atoms with Crippen molar-refractivity contribution >= 4 is 47.3 Å². The first-order valence-electron chi connectivity index (χ1n) is 5.45. The van der Waals surface area contributed by atoms with Crippen LogP contribution in [0.1, 0.15) is 5.56 Å². The van der Waals surface area contributed by atoms with Crippen LogP contribution in [0.2, 0.25) is 5.02 Å². The molecule has 0 heterocycles. The van der Waals surface area contributed by atoms with Crippen LogP contribution in [0.3, 0.4) is 0 Å². The highest BCUT2D eigenvalue weighted by Crippen LogP contribution is 2.33. The lowest BCUT2D eigenvalue weighted by Gasteiger charge is -2.09. The summed E-state index contributed by atoms with van der Waals surface area (Å²) in [5.41, 5.74) is 0.889. The molecule has 0 radical (unpaired) electrons. The zero-order valence-corrected chi connectivity index (χ0v) is 14.1. The molecule has 106 valence electrons. The van der Waals surface area contributed by atoms with Gasteiger partial charge in [0.05, 0.1) is 9.37 Å². The van der Waals surface area contributed by atoms with Crippen molar-refractivity contribution < 1.29 is 13.2 Å². The molecule has 0 spiro atoms. The molecule has 0 unspecified atom stereocenters. The van der Waals surface area contributed by atoms with Gasteiger partial charge in [-0.05, 0) is 64.8 Å². The molecule has 3 nitrogen and oxygen atoms in total. The van der Waals surface area contributed by atoms with E-state index in [4.69, 9.17) is 27.0 Å². The van der Waals surface area contributed by atoms with Gasteiger partial charge in [0.15, 0.2) is 0 Å². The van der Waals surface area contributed by atoms with E-state index in [1.807, 2.05) is 6.92 Å². The normalized spacial score (nSPS) is 11.4. The van der Waals surface area contributed by atoms with Gasteiger partial charge in [0.2, 0.25) is 0 Å². The molecule has 20 heavy (non-hydrogen) atoms. The van der Waals surface area contributed by atoms with Crippen molar-refractivity contribution in [1.29, 1.82) is 0 Å². The SMILES string of the molecule is Cc1cc(Oc2ccc(S(=O)(=O)Cl)cc2Br)ccc1Cl. The van der Waals surface area contributed by atoms with E-state index in [2.05, 4.69) is 15.9 Å². The Kier molecular flexibility index (Phi) is 4.64. The predicted octanol–water partition coefficient (Wildman–Crippen LogP) is 5.13. The first-order chi connectivity index (χ1) is 9.27. The molecular formula is C13H9BrCl2O3S. The fourth-order valence-electron chi connectivity index (χ4n) is 1.52. The molecule has 2 aromatic rings. The van der Waals surface area contributed by atoms with Crippen LogP contribution in [0.4, 0.5) is 0 Å². The van der Waals surface area contributed by atoms with E-state index in [0.29, 0.717) is 21.0 Å². The smallest absolute Gasteiger partial charge is 0.261 e. The molecule has 0 aliphatic rings. The topological polar surface area (TPSA) is 43.4 Å². The number of hydrogen-bond donors (Lipinski definition) is 0. The molecule has 0 aliphatic heterocycles. The van der Waals surface area contributed by atoms with Crippen molar-refractivity contribution in [2.24, 2.45) is 0 Å². The number of hydrogen-bond acceptors (Lipinski definition) is 3. The molecule has 0 aliphatic carbocycles. The fraction of sp³-hybridized carbons (Fsp3) is 0.0769. The third kappa shape index (κ3) is 3.67. The van der Waals surface area contributed by atoms with Gasteiger partial charge in [0.1, 0.15) is 11.5 Å². The molecular weight excluding hydrogens is 387 g/mol. The maximum Gasteiger partial charge on any atom is 0.261 e. The van der Waals surface area contributed by atoms with Crippen molar-refractivity contribution in [3.8, 4) is 11.5 Å². The van der Waals surface area contributed by atoms with Crippen LogP contribution in [0.25, 0.3) is 0 Å². The monoisotopic (exact) mass is 394 g/mol. The highest BCUT2D eigenvalue weighted by molar-refractivity contribution is 9.10. The average molecular weight is 396 g/mol. The minimum Gasteiger partial charge on any atom is -0.456 e. The van der Waals surface area contributed by atoms with Crippen molar-refractivity contribution in [3.05, 3.63) is 51.5 Å². The van der Waals surface area contributed by atoms with Gasteiger partial charge in [-0.1, -0.05) is 11.6 Å². The number of halogens is 3. The van der Waals surface area contributed by atoms with E-state index < -0.39 is 9.05 Å². The van der Waals surface area contributed by atoms with E-state index >= 15 is 0 Å².